The third-order valence-electron chi connectivity index (χ3n) is 2.96. The van der Waals surface area contributed by atoms with Gasteiger partial charge in [-0.05, 0) is 25.4 Å². The number of aliphatic carboxylic acids is 1. The summed E-state index contributed by atoms with van der Waals surface area (Å²) < 4.78 is 0. The minimum absolute atomic E-state index is 0.0740. The lowest BCUT2D eigenvalue weighted by molar-refractivity contribution is -0.141. The van der Waals surface area contributed by atoms with E-state index in [9.17, 15) is 19.2 Å². The molecule has 0 aliphatic carbocycles. The highest BCUT2D eigenvalue weighted by molar-refractivity contribution is 7.98. The second-order valence-corrected chi connectivity index (χ2v) is 6.33. The Morgan fingerprint density at radius 3 is 2.33 bits per heavy atom. The molecule has 0 aliphatic heterocycles. The summed E-state index contributed by atoms with van der Waals surface area (Å²) in [6.45, 7) is 1.05. The number of amides is 3. The van der Waals surface area contributed by atoms with Gasteiger partial charge in [0.2, 0.25) is 17.7 Å². The van der Waals surface area contributed by atoms with Crippen LogP contribution in [0.15, 0.2) is 0 Å². The topological polar surface area (TPSA) is 151 Å². The van der Waals surface area contributed by atoms with Crippen molar-refractivity contribution in [1.29, 1.82) is 0 Å². The molecule has 0 rings (SSSR count). The smallest absolute Gasteiger partial charge is 0.327 e. The Bertz CT molecular complexity index is 464. The first-order valence-corrected chi connectivity index (χ1v) is 9.21. The molecule has 0 aromatic carbocycles. The van der Waals surface area contributed by atoms with Crippen LogP contribution in [0, 0.1) is 0 Å². The first kappa shape index (κ1) is 22.5. The molecule has 0 radical (unpaired) electrons. The van der Waals surface area contributed by atoms with Crippen LogP contribution in [-0.4, -0.2) is 71.2 Å². The van der Waals surface area contributed by atoms with E-state index >= 15 is 0 Å². The molecule has 138 valence electrons. The number of carbonyl (C=O) groups is 4. The maximum absolute atomic E-state index is 11.8. The van der Waals surface area contributed by atoms with Gasteiger partial charge in [0, 0.05) is 5.75 Å². The summed E-state index contributed by atoms with van der Waals surface area (Å²) >= 11 is 5.37. The summed E-state index contributed by atoms with van der Waals surface area (Å²) in [6.07, 6.45) is 2.39. The van der Waals surface area contributed by atoms with E-state index in [-0.39, 0.29) is 5.75 Å². The summed E-state index contributed by atoms with van der Waals surface area (Å²) in [4.78, 5) is 45.9. The van der Waals surface area contributed by atoms with E-state index in [4.69, 9.17) is 10.8 Å². The summed E-state index contributed by atoms with van der Waals surface area (Å²) in [7, 11) is 0. The van der Waals surface area contributed by atoms with Crippen molar-refractivity contribution >= 4 is 48.1 Å². The molecule has 11 heteroatoms. The maximum atomic E-state index is 11.8. The Morgan fingerprint density at radius 1 is 1.21 bits per heavy atom. The van der Waals surface area contributed by atoms with E-state index in [1.807, 2.05) is 6.26 Å². The summed E-state index contributed by atoms with van der Waals surface area (Å²) in [5.74, 6) is -2.25. The zero-order valence-electron chi connectivity index (χ0n) is 13.6. The molecule has 0 aromatic heterocycles. The molecule has 6 N–H and O–H groups in total. The molecule has 24 heavy (non-hydrogen) atoms. The third kappa shape index (κ3) is 8.99. The lowest BCUT2D eigenvalue weighted by Gasteiger charge is -2.17. The lowest BCUT2D eigenvalue weighted by Crippen LogP contribution is -2.52. The number of thioether (sulfide) groups is 1. The second-order valence-electron chi connectivity index (χ2n) is 4.98. The maximum Gasteiger partial charge on any atom is 0.327 e. The highest BCUT2D eigenvalue weighted by Crippen LogP contribution is 1.99. The van der Waals surface area contributed by atoms with Crippen LogP contribution in [0.4, 0.5) is 0 Å². The highest BCUT2D eigenvalue weighted by atomic mass is 32.2. The lowest BCUT2D eigenvalue weighted by atomic mass is 10.2. The molecular formula is C13H24N4O5S2. The quantitative estimate of drug-likeness (QED) is 0.231. The van der Waals surface area contributed by atoms with Crippen molar-refractivity contribution in [3.05, 3.63) is 0 Å². The highest BCUT2D eigenvalue weighted by Gasteiger charge is 2.21. The van der Waals surface area contributed by atoms with Crippen molar-refractivity contribution < 1.29 is 24.3 Å². The molecule has 3 amide bonds. The van der Waals surface area contributed by atoms with Gasteiger partial charge >= 0.3 is 5.97 Å². The van der Waals surface area contributed by atoms with Crippen LogP contribution in [0.25, 0.3) is 0 Å². The van der Waals surface area contributed by atoms with Gasteiger partial charge in [0.15, 0.2) is 0 Å². The van der Waals surface area contributed by atoms with Gasteiger partial charge in [0.05, 0.1) is 12.6 Å². The Balaban J connectivity index is 4.24. The van der Waals surface area contributed by atoms with Crippen LogP contribution in [0.1, 0.15) is 13.3 Å². The molecule has 9 nitrogen and oxygen atoms in total. The summed E-state index contributed by atoms with van der Waals surface area (Å²) in [5.41, 5.74) is 5.69. The number of hydrogen-bond acceptors (Lipinski definition) is 7. The first-order valence-electron chi connectivity index (χ1n) is 7.18. The van der Waals surface area contributed by atoms with Gasteiger partial charge in [-0.3, -0.25) is 14.4 Å². The normalized spacial score (nSPS) is 14.2. The van der Waals surface area contributed by atoms with Crippen LogP contribution in [0.3, 0.4) is 0 Å². The van der Waals surface area contributed by atoms with Gasteiger partial charge in [-0.1, -0.05) is 0 Å². The molecule has 0 aliphatic rings. The van der Waals surface area contributed by atoms with E-state index < -0.39 is 48.4 Å². The molecular weight excluding hydrogens is 356 g/mol. The molecule has 0 bridgehead atoms. The molecule has 0 aromatic rings. The predicted octanol–water partition coefficient (Wildman–Crippen LogP) is -1.81. The molecule has 0 fully saturated rings. The molecule has 0 spiro atoms. The largest absolute Gasteiger partial charge is 0.480 e. The number of nitrogens with one attached hydrogen (secondary N) is 3. The van der Waals surface area contributed by atoms with E-state index in [0.717, 1.165) is 5.75 Å². The average molecular weight is 380 g/mol. The van der Waals surface area contributed by atoms with Crippen LogP contribution < -0.4 is 21.7 Å². The number of hydrogen-bond donors (Lipinski definition) is 6. The molecule has 0 saturated heterocycles. The molecule has 3 atom stereocenters. The van der Waals surface area contributed by atoms with Crippen LogP contribution in [-0.2, 0) is 19.2 Å². The standard InChI is InChI=1S/C13H24N4O5S2/c1-7(16-12(20)8(14)3-4-24-2)11(19)15-5-10(18)17-9(6-23)13(21)22/h7-9,23H,3-6,14H2,1-2H3,(H,15,19)(H,16,20)(H,17,18)(H,21,22). The average Bonchev–Trinajstić information content (AvgIpc) is 2.54. The van der Waals surface area contributed by atoms with E-state index in [0.29, 0.717) is 6.42 Å². The number of nitrogens with two attached hydrogens (primary N) is 1. The Morgan fingerprint density at radius 2 is 1.83 bits per heavy atom. The van der Waals surface area contributed by atoms with E-state index in [2.05, 4.69) is 28.6 Å². The van der Waals surface area contributed by atoms with Crippen molar-refractivity contribution in [1.82, 2.24) is 16.0 Å². The minimum atomic E-state index is -1.22. The molecule has 3 unspecified atom stereocenters. The fourth-order valence-electron chi connectivity index (χ4n) is 1.51. The van der Waals surface area contributed by atoms with Gasteiger partial charge in [-0.25, -0.2) is 4.79 Å². The van der Waals surface area contributed by atoms with Crippen molar-refractivity contribution in [2.75, 3.05) is 24.3 Å². The number of carboxylic acids is 1. The Labute approximate surface area is 150 Å². The summed E-state index contributed by atoms with van der Waals surface area (Å²) in [5, 5.41) is 15.8. The van der Waals surface area contributed by atoms with Crippen molar-refractivity contribution in [2.45, 2.75) is 31.5 Å². The third-order valence-corrected chi connectivity index (χ3v) is 3.97. The van der Waals surface area contributed by atoms with Crippen LogP contribution in [0.2, 0.25) is 0 Å². The van der Waals surface area contributed by atoms with Gasteiger partial charge < -0.3 is 26.8 Å². The Kier molecular flexibility index (Phi) is 11.3. The molecule has 0 saturated carbocycles. The van der Waals surface area contributed by atoms with Crippen molar-refractivity contribution in [3.8, 4) is 0 Å². The fourth-order valence-corrected chi connectivity index (χ4v) is 2.25. The van der Waals surface area contributed by atoms with Gasteiger partial charge in [-0.2, -0.15) is 24.4 Å². The van der Waals surface area contributed by atoms with Gasteiger partial charge in [0.1, 0.15) is 12.1 Å². The van der Waals surface area contributed by atoms with Gasteiger partial charge in [-0.15, -0.1) is 0 Å². The SMILES string of the molecule is CSCCC(N)C(=O)NC(C)C(=O)NCC(=O)NC(CS)C(=O)O. The monoisotopic (exact) mass is 380 g/mol. The number of rotatable bonds is 11. The minimum Gasteiger partial charge on any atom is -0.480 e. The Hall–Kier alpha value is -1.46. The van der Waals surface area contributed by atoms with E-state index in [1.165, 1.54) is 6.92 Å². The first-order chi connectivity index (χ1) is 11.2. The number of carboxylic acid groups (broad SMARTS) is 1. The fraction of sp³-hybridized carbons (Fsp3) is 0.692. The van der Waals surface area contributed by atoms with E-state index in [1.54, 1.807) is 11.8 Å². The number of carbonyl (C=O) groups excluding carboxylic acids is 3. The van der Waals surface area contributed by atoms with Gasteiger partial charge in [0.25, 0.3) is 0 Å². The summed E-state index contributed by atoms with van der Waals surface area (Å²) in [6, 6.07) is -2.71. The van der Waals surface area contributed by atoms with Crippen LogP contribution >= 0.6 is 24.4 Å². The van der Waals surface area contributed by atoms with Crippen LogP contribution in [0.5, 0.6) is 0 Å². The zero-order valence-corrected chi connectivity index (χ0v) is 15.3. The number of thiol groups is 1. The predicted molar refractivity (Wildman–Crippen MR) is 95.0 cm³/mol. The zero-order chi connectivity index (χ0) is 18.7. The second kappa shape index (κ2) is 12.0. The van der Waals surface area contributed by atoms with Crippen molar-refractivity contribution in [3.63, 3.8) is 0 Å². The van der Waals surface area contributed by atoms with Crippen molar-refractivity contribution in [2.24, 2.45) is 5.73 Å². The molecule has 0 heterocycles.